The van der Waals surface area contributed by atoms with Crippen molar-refractivity contribution in [3.8, 4) is 0 Å². The van der Waals surface area contributed by atoms with Crippen LogP contribution >= 0.6 is 15.6 Å². The number of carbonyl (C=O) groups excluding carboxylic acids is 4. The molecule has 3 N–H and O–H groups in total. The van der Waals surface area contributed by atoms with E-state index < -0.39 is 97.5 Å². The molecule has 0 spiro atoms. The van der Waals surface area contributed by atoms with Gasteiger partial charge in [-0.25, -0.2) is 9.13 Å². The molecule has 504 valence electrons. The first-order valence-corrected chi connectivity index (χ1v) is 37.7. The number of ether oxygens (including phenoxy) is 4. The van der Waals surface area contributed by atoms with Gasteiger partial charge in [-0.3, -0.25) is 37.3 Å². The normalized spacial score (nSPS) is 14.5. The summed E-state index contributed by atoms with van der Waals surface area (Å²) in [6.07, 6.45) is 45.2. The highest BCUT2D eigenvalue weighted by Crippen LogP contribution is 2.45. The summed E-state index contributed by atoms with van der Waals surface area (Å²) in [5.74, 6) is -1.37. The predicted molar refractivity (Wildman–Crippen MR) is 340 cm³/mol. The van der Waals surface area contributed by atoms with Crippen LogP contribution in [0.15, 0.2) is 0 Å². The summed E-state index contributed by atoms with van der Waals surface area (Å²) in [5.41, 5.74) is 0. The van der Waals surface area contributed by atoms with E-state index in [1.165, 1.54) is 141 Å². The van der Waals surface area contributed by atoms with Gasteiger partial charge in [0, 0.05) is 25.7 Å². The number of rotatable bonds is 66. The topological polar surface area (TPSA) is 237 Å². The van der Waals surface area contributed by atoms with Gasteiger partial charge in [-0.15, -0.1) is 0 Å². The minimum absolute atomic E-state index is 0.103. The van der Waals surface area contributed by atoms with E-state index in [9.17, 15) is 43.2 Å². The number of carbonyl (C=O) groups is 4. The van der Waals surface area contributed by atoms with Gasteiger partial charge in [0.15, 0.2) is 12.2 Å². The van der Waals surface area contributed by atoms with E-state index in [4.69, 9.17) is 37.0 Å². The maximum atomic E-state index is 13.0. The Balaban J connectivity index is 5.07. The number of aliphatic hydroxyl groups is 1. The van der Waals surface area contributed by atoms with Crippen molar-refractivity contribution in [1.29, 1.82) is 0 Å². The average Bonchev–Trinajstić information content (AvgIpc) is 3.59. The van der Waals surface area contributed by atoms with E-state index in [1.54, 1.807) is 0 Å². The monoisotopic (exact) mass is 1250 g/mol. The fourth-order valence-corrected chi connectivity index (χ4v) is 11.5. The molecule has 0 aromatic rings. The molecule has 0 aromatic carbocycles. The number of hydrogen-bond donors (Lipinski definition) is 3. The van der Waals surface area contributed by atoms with Crippen LogP contribution in [0.2, 0.25) is 0 Å². The molecule has 0 aliphatic rings. The standard InChI is InChI=1S/C66H128O17P2/c1-6-10-13-16-18-19-20-21-22-23-24-25-26-27-28-29-30-31-37-42-47-52-66(71)83-62(56-77-64(69)50-45-40-36-33-32-35-39-43-48-59(5)9-4)58-81-85(74,75)79-54-60(67)53-78-84(72,73)80-57-61(55-76-63(68)49-44-38-15-12-8-3)82-65(70)51-46-41-34-17-14-11-7-2/h59-62,67H,6-58H2,1-5H3,(H,72,73)(H,74,75)/t59?,60-,61+,62+/m0/s1. The molecule has 0 aromatic heterocycles. The largest absolute Gasteiger partial charge is 0.472 e. The molecule has 3 unspecified atom stereocenters. The summed E-state index contributed by atoms with van der Waals surface area (Å²) < 4.78 is 67.7. The third-order valence-corrected chi connectivity index (χ3v) is 17.5. The van der Waals surface area contributed by atoms with Gasteiger partial charge in [0.05, 0.1) is 26.4 Å². The lowest BCUT2D eigenvalue weighted by Crippen LogP contribution is -2.30. The fourth-order valence-electron chi connectivity index (χ4n) is 9.90. The zero-order valence-electron chi connectivity index (χ0n) is 54.7. The molecule has 0 saturated carbocycles. The van der Waals surface area contributed by atoms with E-state index in [1.807, 2.05) is 0 Å². The molecule has 0 heterocycles. The molecular formula is C66H128O17P2. The second kappa shape index (κ2) is 59.7. The van der Waals surface area contributed by atoms with Crippen LogP contribution in [0, 0.1) is 5.92 Å². The van der Waals surface area contributed by atoms with E-state index in [0.29, 0.717) is 25.7 Å². The van der Waals surface area contributed by atoms with Crippen LogP contribution < -0.4 is 0 Å². The summed E-state index contributed by atoms with van der Waals surface area (Å²) >= 11 is 0. The Morgan fingerprint density at radius 3 is 0.835 bits per heavy atom. The van der Waals surface area contributed by atoms with Crippen LogP contribution in [0.3, 0.4) is 0 Å². The Morgan fingerprint density at radius 2 is 0.565 bits per heavy atom. The highest BCUT2D eigenvalue weighted by Gasteiger charge is 2.30. The molecule has 0 amide bonds. The van der Waals surface area contributed by atoms with Gasteiger partial charge >= 0.3 is 39.5 Å². The first-order valence-electron chi connectivity index (χ1n) is 34.7. The lowest BCUT2D eigenvalue weighted by atomic mass is 9.99. The third kappa shape index (κ3) is 59.5. The number of aliphatic hydroxyl groups excluding tert-OH is 1. The highest BCUT2D eigenvalue weighted by atomic mass is 31.2. The summed E-state index contributed by atoms with van der Waals surface area (Å²) in [4.78, 5) is 71.9. The Kier molecular flexibility index (Phi) is 58.3. The zero-order chi connectivity index (χ0) is 62.8. The second-order valence-electron chi connectivity index (χ2n) is 24.1. The molecule has 17 nitrogen and oxygen atoms in total. The van der Waals surface area contributed by atoms with Gasteiger partial charge in [-0.2, -0.15) is 0 Å². The molecule has 85 heavy (non-hydrogen) atoms. The number of unbranched alkanes of at least 4 members (excludes halogenated alkanes) is 37. The minimum Gasteiger partial charge on any atom is -0.462 e. The lowest BCUT2D eigenvalue weighted by molar-refractivity contribution is -0.161. The average molecular weight is 1260 g/mol. The van der Waals surface area contributed by atoms with Gasteiger partial charge in [-0.05, 0) is 31.6 Å². The van der Waals surface area contributed by atoms with Crippen molar-refractivity contribution in [3.05, 3.63) is 0 Å². The van der Waals surface area contributed by atoms with Crippen LogP contribution in [-0.2, 0) is 65.4 Å². The Morgan fingerprint density at radius 1 is 0.329 bits per heavy atom. The van der Waals surface area contributed by atoms with Crippen molar-refractivity contribution >= 4 is 39.5 Å². The van der Waals surface area contributed by atoms with Crippen molar-refractivity contribution in [1.82, 2.24) is 0 Å². The molecule has 6 atom stereocenters. The third-order valence-electron chi connectivity index (χ3n) is 15.6. The van der Waals surface area contributed by atoms with E-state index in [-0.39, 0.29) is 25.7 Å². The highest BCUT2D eigenvalue weighted by molar-refractivity contribution is 7.47. The Labute approximate surface area is 517 Å². The smallest absolute Gasteiger partial charge is 0.462 e. The Bertz CT molecular complexity index is 1650. The molecule has 0 aliphatic heterocycles. The lowest BCUT2D eigenvalue weighted by Gasteiger charge is -2.21. The van der Waals surface area contributed by atoms with E-state index in [0.717, 1.165) is 115 Å². The van der Waals surface area contributed by atoms with Crippen LogP contribution in [-0.4, -0.2) is 96.7 Å². The first kappa shape index (κ1) is 83.1. The molecule has 0 aliphatic carbocycles. The molecule has 0 bridgehead atoms. The maximum absolute atomic E-state index is 13.0. The van der Waals surface area contributed by atoms with Crippen molar-refractivity contribution in [3.63, 3.8) is 0 Å². The van der Waals surface area contributed by atoms with Crippen LogP contribution in [0.5, 0.6) is 0 Å². The molecule has 19 heteroatoms. The summed E-state index contributed by atoms with van der Waals surface area (Å²) in [7, 11) is -9.87. The molecule has 0 saturated heterocycles. The first-order chi connectivity index (χ1) is 41.1. The molecule has 0 radical (unpaired) electrons. The molecular weight excluding hydrogens is 1130 g/mol. The second-order valence-corrected chi connectivity index (χ2v) is 27.0. The summed E-state index contributed by atoms with van der Waals surface area (Å²) in [6.45, 7) is 7.07. The zero-order valence-corrected chi connectivity index (χ0v) is 56.5. The summed E-state index contributed by atoms with van der Waals surface area (Å²) in [6, 6.07) is 0. The van der Waals surface area contributed by atoms with Crippen molar-refractivity contribution in [2.24, 2.45) is 5.92 Å². The predicted octanol–water partition coefficient (Wildman–Crippen LogP) is 18.6. The van der Waals surface area contributed by atoms with Crippen molar-refractivity contribution in [2.75, 3.05) is 39.6 Å². The van der Waals surface area contributed by atoms with E-state index in [2.05, 4.69) is 34.6 Å². The quantitative estimate of drug-likeness (QED) is 0.0222. The fraction of sp³-hybridized carbons (Fsp3) is 0.939. The van der Waals surface area contributed by atoms with Gasteiger partial charge in [0.1, 0.15) is 19.3 Å². The van der Waals surface area contributed by atoms with E-state index >= 15 is 0 Å². The van der Waals surface area contributed by atoms with Gasteiger partial charge in [0.2, 0.25) is 0 Å². The van der Waals surface area contributed by atoms with Crippen molar-refractivity contribution < 1.29 is 80.2 Å². The number of esters is 4. The number of hydrogen-bond acceptors (Lipinski definition) is 15. The SMILES string of the molecule is CCCCCCCCCCCCCCCCCCCCCCCC(=O)O[C@H](COC(=O)CCCCCCCCCCC(C)CC)COP(=O)(O)OC[C@@H](O)COP(=O)(O)OC[C@@H](COC(=O)CCCCCCC)OC(=O)CCCCCCCCC. The molecule has 0 rings (SSSR count). The van der Waals surface area contributed by atoms with Crippen LogP contribution in [0.1, 0.15) is 336 Å². The molecule has 0 fully saturated rings. The Hall–Kier alpha value is -1.94. The number of phosphoric ester groups is 2. The maximum Gasteiger partial charge on any atom is 0.472 e. The summed E-state index contributed by atoms with van der Waals surface area (Å²) in [5, 5.41) is 10.5. The van der Waals surface area contributed by atoms with Gasteiger partial charge in [-0.1, -0.05) is 285 Å². The number of phosphoric acid groups is 2. The van der Waals surface area contributed by atoms with Crippen LogP contribution in [0.4, 0.5) is 0 Å². The van der Waals surface area contributed by atoms with Gasteiger partial charge in [0.25, 0.3) is 0 Å². The van der Waals surface area contributed by atoms with Gasteiger partial charge < -0.3 is 33.8 Å². The van der Waals surface area contributed by atoms with Crippen molar-refractivity contribution in [2.45, 2.75) is 355 Å². The van der Waals surface area contributed by atoms with Crippen LogP contribution in [0.25, 0.3) is 0 Å². The minimum atomic E-state index is -4.94.